The summed E-state index contributed by atoms with van der Waals surface area (Å²) in [6, 6.07) is 2.97. The molecule has 0 radical (unpaired) electrons. The molecule has 0 saturated carbocycles. The molecule has 1 unspecified atom stereocenters. The van der Waals surface area contributed by atoms with Crippen LogP contribution in [-0.4, -0.2) is 36.9 Å². The van der Waals surface area contributed by atoms with Crippen molar-refractivity contribution in [2.24, 2.45) is 11.7 Å². The Bertz CT molecular complexity index is 422. The second-order valence-corrected chi connectivity index (χ2v) is 4.17. The van der Waals surface area contributed by atoms with E-state index in [4.69, 9.17) is 5.73 Å². The van der Waals surface area contributed by atoms with E-state index in [0.29, 0.717) is 18.0 Å². The molecule has 0 aromatic carbocycles. The van der Waals surface area contributed by atoms with Gasteiger partial charge in [-0.15, -0.1) is 12.4 Å². The van der Waals surface area contributed by atoms with Gasteiger partial charge in [0.05, 0.1) is 5.56 Å². The SMILES string of the molecule is CNCC(C)CNC(=O)c1ccc(C(N)=O)nc1.Cl. The first-order chi connectivity index (χ1) is 8.54. The summed E-state index contributed by atoms with van der Waals surface area (Å²) in [6.07, 6.45) is 1.35. The van der Waals surface area contributed by atoms with E-state index >= 15 is 0 Å². The summed E-state index contributed by atoms with van der Waals surface area (Å²) >= 11 is 0. The molecule has 7 heteroatoms. The van der Waals surface area contributed by atoms with Crippen LogP contribution >= 0.6 is 12.4 Å². The molecule has 4 N–H and O–H groups in total. The lowest BCUT2D eigenvalue weighted by atomic mass is 10.1. The second kappa shape index (κ2) is 8.44. The fraction of sp³-hybridized carbons (Fsp3) is 0.417. The van der Waals surface area contributed by atoms with Crippen molar-refractivity contribution < 1.29 is 9.59 Å². The normalized spacial score (nSPS) is 11.3. The molecule has 6 nitrogen and oxygen atoms in total. The molecule has 1 atom stereocenters. The van der Waals surface area contributed by atoms with Gasteiger partial charge < -0.3 is 16.4 Å². The highest BCUT2D eigenvalue weighted by atomic mass is 35.5. The van der Waals surface area contributed by atoms with Crippen LogP contribution in [0, 0.1) is 5.92 Å². The van der Waals surface area contributed by atoms with Crippen molar-refractivity contribution in [3.63, 3.8) is 0 Å². The smallest absolute Gasteiger partial charge is 0.267 e. The third-order valence-electron chi connectivity index (χ3n) is 2.44. The molecule has 1 aromatic heterocycles. The average Bonchev–Trinajstić information content (AvgIpc) is 2.36. The zero-order valence-electron chi connectivity index (χ0n) is 11.0. The zero-order valence-corrected chi connectivity index (χ0v) is 11.8. The predicted molar refractivity (Wildman–Crippen MR) is 75.4 cm³/mol. The van der Waals surface area contributed by atoms with Gasteiger partial charge in [-0.25, -0.2) is 0 Å². The van der Waals surface area contributed by atoms with Crippen LogP contribution in [0.4, 0.5) is 0 Å². The Balaban J connectivity index is 0.00000324. The molecule has 0 spiro atoms. The Morgan fingerprint density at radius 2 is 2.05 bits per heavy atom. The van der Waals surface area contributed by atoms with Crippen molar-refractivity contribution in [3.8, 4) is 0 Å². The van der Waals surface area contributed by atoms with Crippen molar-refractivity contribution in [2.45, 2.75) is 6.92 Å². The number of carbonyl (C=O) groups is 2. The van der Waals surface area contributed by atoms with Crippen molar-refractivity contribution in [1.82, 2.24) is 15.6 Å². The first-order valence-corrected chi connectivity index (χ1v) is 5.73. The van der Waals surface area contributed by atoms with Gasteiger partial charge >= 0.3 is 0 Å². The van der Waals surface area contributed by atoms with Gasteiger partial charge in [0.25, 0.3) is 11.8 Å². The Morgan fingerprint density at radius 3 is 2.53 bits per heavy atom. The summed E-state index contributed by atoms with van der Waals surface area (Å²) in [7, 11) is 1.87. The Labute approximate surface area is 118 Å². The largest absolute Gasteiger partial charge is 0.364 e. The Hall–Kier alpha value is -1.66. The standard InChI is InChI=1S/C12H18N4O2.ClH/c1-8(5-14-2)6-16-12(18)9-3-4-10(11(13)17)15-7-9;/h3-4,7-8,14H,5-6H2,1-2H3,(H2,13,17)(H,16,18);1H. The van der Waals surface area contributed by atoms with Gasteiger partial charge in [0.2, 0.25) is 0 Å². The molecule has 1 rings (SSSR count). The molecule has 106 valence electrons. The van der Waals surface area contributed by atoms with Crippen LogP contribution in [-0.2, 0) is 0 Å². The zero-order chi connectivity index (χ0) is 13.5. The first kappa shape index (κ1) is 17.3. The number of halogens is 1. The number of nitrogens with one attached hydrogen (secondary N) is 2. The maximum atomic E-state index is 11.7. The summed E-state index contributed by atoms with van der Waals surface area (Å²) in [4.78, 5) is 26.4. The number of amides is 2. The number of aromatic nitrogens is 1. The number of primary amides is 1. The lowest BCUT2D eigenvalue weighted by molar-refractivity contribution is 0.0944. The molecule has 19 heavy (non-hydrogen) atoms. The number of hydrogen-bond acceptors (Lipinski definition) is 4. The Morgan fingerprint density at radius 1 is 1.37 bits per heavy atom. The van der Waals surface area contributed by atoms with Gasteiger partial charge in [-0.1, -0.05) is 6.92 Å². The summed E-state index contributed by atoms with van der Waals surface area (Å²) in [5, 5.41) is 5.83. The number of nitrogens with zero attached hydrogens (tertiary/aromatic N) is 1. The monoisotopic (exact) mass is 286 g/mol. The van der Waals surface area contributed by atoms with E-state index in [0.717, 1.165) is 6.54 Å². The van der Waals surface area contributed by atoms with E-state index in [1.165, 1.54) is 18.3 Å². The summed E-state index contributed by atoms with van der Waals surface area (Å²) in [5.74, 6) is -0.470. The van der Waals surface area contributed by atoms with Crippen LogP contribution in [0.2, 0.25) is 0 Å². The fourth-order valence-corrected chi connectivity index (χ4v) is 1.46. The Kier molecular flexibility index (Phi) is 7.71. The average molecular weight is 287 g/mol. The minimum absolute atomic E-state index is 0. The van der Waals surface area contributed by atoms with Crippen molar-refractivity contribution in [1.29, 1.82) is 0 Å². The molecule has 0 aliphatic rings. The molecule has 0 bridgehead atoms. The van der Waals surface area contributed by atoms with E-state index in [2.05, 4.69) is 15.6 Å². The van der Waals surface area contributed by atoms with Gasteiger partial charge in [0.15, 0.2) is 0 Å². The number of carbonyl (C=O) groups excluding carboxylic acids is 2. The van der Waals surface area contributed by atoms with Crippen LogP contribution in [0.25, 0.3) is 0 Å². The second-order valence-electron chi connectivity index (χ2n) is 4.17. The van der Waals surface area contributed by atoms with E-state index in [1.807, 2.05) is 14.0 Å². The number of nitrogens with two attached hydrogens (primary N) is 1. The molecular weight excluding hydrogens is 268 g/mol. The minimum atomic E-state index is -0.607. The number of hydrogen-bond donors (Lipinski definition) is 3. The van der Waals surface area contributed by atoms with Gasteiger partial charge in [0, 0.05) is 12.7 Å². The molecular formula is C12H19ClN4O2. The maximum absolute atomic E-state index is 11.7. The van der Waals surface area contributed by atoms with Crippen molar-refractivity contribution in [2.75, 3.05) is 20.1 Å². The molecule has 0 fully saturated rings. The van der Waals surface area contributed by atoms with Gasteiger partial charge in [-0.2, -0.15) is 0 Å². The lowest BCUT2D eigenvalue weighted by Gasteiger charge is -2.11. The van der Waals surface area contributed by atoms with Crippen LogP contribution < -0.4 is 16.4 Å². The third-order valence-corrected chi connectivity index (χ3v) is 2.44. The van der Waals surface area contributed by atoms with E-state index < -0.39 is 5.91 Å². The summed E-state index contributed by atoms with van der Waals surface area (Å²) < 4.78 is 0. The quantitative estimate of drug-likeness (QED) is 0.695. The summed E-state index contributed by atoms with van der Waals surface area (Å²) in [5.41, 5.74) is 5.62. The molecule has 0 aliphatic heterocycles. The topological polar surface area (TPSA) is 97.1 Å². The van der Waals surface area contributed by atoms with Gasteiger partial charge in [0.1, 0.15) is 5.69 Å². The highest BCUT2D eigenvalue weighted by Gasteiger charge is 2.09. The highest BCUT2D eigenvalue weighted by molar-refractivity contribution is 5.95. The fourth-order valence-electron chi connectivity index (χ4n) is 1.46. The minimum Gasteiger partial charge on any atom is -0.364 e. The third kappa shape index (κ3) is 5.67. The molecule has 0 saturated heterocycles. The summed E-state index contributed by atoms with van der Waals surface area (Å²) in [6.45, 7) is 3.45. The van der Waals surface area contributed by atoms with Crippen LogP contribution in [0.15, 0.2) is 18.3 Å². The predicted octanol–water partition coefficient (Wildman–Crippen LogP) is 0.188. The van der Waals surface area contributed by atoms with Crippen LogP contribution in [0.5, 0.6) is 0 Å². The molecule has 1 heterocycles. The van der Waals surface area contributed by atoms with Crippen LogP contribution in [0.1, 0.15) is 27.8 Å². The molecule has 0 aliphatic carbocycles. The van der Waals surface area contributed by atoms with Gasteiger partial charge in [-0.3, -0.25) is 14.6 Å². The van der Waals surface area contributed by atoms with E-state index in [-0.39, 0.29) is 24.0 Å². The molecule has 2 amide bonds. The molecule has 1 aromatic rings. The van der Waals surface area contributed by atoms with E-state index in [9.17, 15) is 9.59 Å². The van der Waals surface area contributed by atoms with E-state index in [1.54, 1.807) is 0 Å². The maximum Gasteiger partial charge on any atom is 0.267 e. The van der Waals surface area contributed by atoms with Gasteiger partial charge in [-0.05, 0) is 31.6 Å². The van der Waals surface area contributed by atoms with Crippen molar-refractivity contribution in [3.05, 3.63) is 29.6 Å². The van der Waals surface area contributed by atoms with Crippen molar-refractivity contribution >= 4 is 24.2 Å². The number of rotatable bonds is 6. The first-order valence-electron chi connectivity index (χ1n) is 5.73. The highest BCUT2D eigenvalue weighted by Crippen LogP contribution is 2.00. The lowest BCUT2D eigenvalue weighted by Crippen LogP contribution is -2.32. The number of pyridine rings is 1. The van der Waals surface area contributed by atoms with Crippen LogP contribution in [0.3, 0.4) is 0 Å².